The molecule has 156 valence electrons. The van der Waals surface area contributed by atoms with Gasteiger partial charge in [0.05, 0.1) is 5.57 Å². The molecule has 4 rings (SSSR count). The first-order chi connectivity index (χ1) is 15.0. The van der Waals surface area contributed by atoms with E-state index < -0.39 is 11.7 Å². The maximum atomic E-state index is 12.6. The van der Waals surface area contributed by atoms with E-state index in [1.165, 1.54) is 17.3 Å². The van der Waals surface area contributed by atoms with Gasteiger partial charge in [-0.1, -0.05) is 54.1 Å². The van der Waals surface area contributed by atoms with Crippen LogP contribution in [0.1, 0.15) is 16.7 Å². The number of amides is 1. The monoisotopic (exact) mass is 449 g/mol. The summed E-state index contributed by atoms with van der Waals surface area (Å²) in [5.74, 6) is -1.33. The Labute approximate surface area is 189 Å². The number of anilines is 1. The molecular formula is C25H20ClNO3S. The number of halogens is 1. The molecule has 1 aliphatic rings. The number of ketones is 1. The second kappa shape index (κ2) is 9.41. The van der Waals surface area contributed by atoms with Gasteiger partial charge in [-0.2, -0.15) is 0 Å². The van der Waals surface area contributed by atoms with Crippen LogP contribution in [0.5, 0.6) is 0 Å². The van der Waals surface area contributed by atoms with Crippen molar-refractivity contribution in [1.82, 2.24) is 0 Å². The molecule has 3 aromatic carbocycles. The molecule has 0 unspecified atom stereocenters. The van der Waals surface area contributed by atoms with Crippen LogP contribution in [0.4, 0.5) is 5.69 Å². The molecule has 1 aliphatic heterocycles. The summed E-state index contributed by atoms with van der Waals surface area (Å²) in [4.78, 5) is 26.0. The zero-order chi connectivity index (χ0) is 21.8. The van der Waals surface area contributed by atoms with Crippen LogP contribution in [0.2, 0.25) is 5.02 Å². The summed E-state index contributed by atoms with van der Waals surface area (Å²) in [6, 6.07) is 22.5. The highest BCUT2D eigenvalue weighted by Gasteiger charge is 2.28. The number of aliphatic hydroxyl groups excluding tert-OH is 1. The highest BCUT2D eigenvalue weighted by Crippen LogP contribution is 2.36. The number of carbonyl (C=O) groups is 2. The summed E-state index contributed by atoms with van der Waals surface area (Å²) in [7, 11) is 0. The van der Waals surface area contributed by atoms with Crippen molar-refractivity contribution < 1.29 is 14.7 Å². The lowest BCUT2D eigenvalue weighted by molar-refractivity contribution is -0.132. The Kier molecular flexibility index (Phi) is 6.44. The summed E-state index contributed by atoms with van der Waals surface area (Å²) in [5.41, 5.74) is 3.57. The van der Waals surface area contributed by atoms with Gasteiger partial charge in [-0.3, -0.25) is 9.59 Å². The lowest BCUT2D eigenvalue weighted by Gasteiger charge is -2.18. The van der Waals surface area contributed by atoms with Crippen LogP contribution in [-0.2, 0) is 22.4 Å². The Morgan fingerprint density at radius 1 is 0.903 bits per heavy atom. The predicted molar refractivity (Wildman–Crippen MR) is 126 cm³/mol. The predicted octanol–water partition coefficient (Wildman–Crippen LogP) is 5.71. The molecule has 1 amide bonds. The number of aliphatic hydroxyl groups is 1. The molecule has 0 aromatic heterocycles. The van der Waals surface area contributed by atoms with Crippen LogP contribution in [-0.4, -0.2) is 22.5 Å². The molecule has 0 atom stereocenters. The maximum absolute atomic E-state index is 12.6. The average molecular weight is 450 g/mol. The van der Waals surface area contributed by atoms with E-state index in [1.54, 1.807) is 24.3 Å². The molecule has 0 saturated heterocycles. The lowest BCUT2D eigenvalue weighted by atomic mass is 10.0. The van der Waals surface area contributed by atoms with Gasteiger partial charge >= 0.3 is 0 Å². The number of fused-ring (bicyclic) bond motifs is 1. The molecule has 0 fully saturated rings. The largest absolute Gasteiger partial charge is 0.507 e. The third-order valence-electron chi connectivity index (χ3n) is 5.11. The highest BCUT2D eigenvalue weighted by molar-refractivity contribution is 7.99. The second-order valence-electron chi connectivity index (χ2n) is 7.22. The third kappa shape index (κ3) is 5.01. The number of rotatable bonds is 6. The Bertz CT molecular complexity index is 1150. The number of carbonyl (C=O) groups excluding carboxylic acids is 2. The number of thioether (sulfide) groups is 1. The molecule has 0 saturated carbocycles. The molecule has 31 heavy (non-hydrogen) atoms. The van der Waals surface area contributed by atoms with E-state index in [4.69, 9.17) is 11.6 Å². The normalized spacial score (nSPS) is 12.9. The number of aryl methyl sites for hydroxylation is 2. The molecule has 0 bridgehead atoms. The van der Waals surface area contributed by atoms with Crippen molar-refractivity contribution in [3.05, 3.63) is 100 Å². The Hall–Kier alpha value is -3.02. The Morgan fingerprint density at radius 3 is 2.19 bits per heavy atom. The van der Waals surface area contributed by atoms with Gasteiger partial charge in [-0.05, 0) is 54.3 Å². The van der Waals surface area contributed by atoms with Gasteiger partial charge in [0.25, 0.3) is 11.7 Å². The Morgan fingerprint density at radius 2 is 1.52 bits per heavy atom. The fourth-order valence-corrected chi connectivity index (χ4v) is 4.55. The molecule has 3 aromatic rings. The van der Waals surface area contributed by atoms with E-state index in [2.05, 4.69) is 5.32 Å². The quantitative estimate of drug-likeness (QED) is 0.473. The maximum Gasteiger partial charge on any atom is 0.296 e. The summed E-state index contributed by atoms with van der Waals surface area (Å²) in [6.45, 7) is 0. The summed E-state index contributed by atoms with van der Waals surface area (Å²) in [5, 5.41) is 13.8. The molecule has 0 aliphatic carbocycles. The van der Waals surface area contributed by atoms with E-state index in [0.717, 1.165) is 28.3 Å². The summed E-state index contributed by atoms with van der Waals surface area (Å²) in [6.07, 6.45) is 1.74. The molecular weight excluding hydrogens is 430 g/mol. The molecule has 2 N–H and O–H groups in total. The van der Waals surface area contributed by atoms with Crippen molar-refractivity contribution in [2.75, 3.05) is 11.1 Å². The second-order valence-corrected chi connectivity index (χ2v) is 8.67. The minimum atomic E-state index is -0.754. The number of hydrogen-bond acceptors (Lipinski definition) is 4. The van der Waals surface area contributed by atoms with Crippen LogP contribution in [0.25, 0.3) is 5.76 Å². The van der Waals surface area contributed by atoms with Gasteiger partial charge in [0.1, 0.15) is 5.76 Å². The Balaban J connectivity index is 1.38. The fourth-order valence-electron chi connectivity index (χ4n) is 3.36. The van der Waals surface area contributed by atoms with Gasteiger partial charge < -0.3 is 10.4 Å². The first-order valence-corrected chi connectivity index (χ1v) is 11.2. The standard InChI is InChI=1S/C25H20ClNO3S/c26-18-11-7-16(8-12-18)5-6-17-9-13-19(14-10-17)27-25(30)24(29)21-15-31-22-4-2-1-3-20(22)23(21)28/h1-4,7-14,28H,5-6,15H2,(H,27,30). The first kappa shape index (κ1) is 21.2. The average Bonchev–Trinajstić information content (AvgIpc) is 2.79. The first-order valence-electron chi connectivity index (χ1n) is 9.84. The summed E-state index contributed by atoms with van der Waals surface area (Å²) >= 11 is 7.35. The molecule has 0 radical (unpaired) electrons. The number of nitrogens with one attached hydrogen (secondary N) is 1. The van der Waals surface area contributed by atoms with Crippen molar-refractivity contribution in [3.8, 4) is 0 Å². The van der Waals surface area contributed by atoms with E-state index in [-0.39, 0.29) is 17.1 Å². The number of benzene rings is 3. The van der Waals surface area contributed by atoms with Crippen molar-refractivity contribution in [3.63, 3.8) is 0 Å². The van der Waals surface area contributed by atoms with Crippen molar-refractivity contribution in [2.24, 2.45) is 0 Å². The lowest BCUT2D eigenvalue weighted by Crippen LogP contribution is -2.27. The van der Waals surface area contributed by atoms with E-state index in [9.17, 15) is 14.7 Å². The van der Waals surface area contributed by atoms with E-state index >= 15 is 0 Å². The SMILES string of the molecule is O=C(Nc1ccc(CCc2ccc(Cl)cc2)cc1)C(=O)C1=C(O)c2ccccc2SC1. The van der Waals surface area contributed by atoms with Gasteiger partial charge in [-0.25, -0.2) is 0 Å². The number of Topliss-reactive ketones (excluding diaryl/α,β-unsaturated/α-hetero) is 1. The molecule has 6 heteroatoms. The van der Waals surface area contributed by atoms with Crippen LogP contribution in [0.15, 0.2) is 83.3 Å². The summed E-state index contributed by atoms with van der Waals surface area (Å²) < 4.78 is 0. The van der Waals surface area contributed by atoms with Crippen molar-refractivity contribution in [2.45, 2.75) is 17.7 Å². The number of hydrogen-bond donors (Lipinski definition) is 2. The topological polar surface area (TPSA) is 66.4 Å². The minimum absolute atomic E-state index is 0.118. The minimum Gasteiger partial charge on any atom is -0.507 e. The molecule has 1 heterocycles. The van der Waals surface area contributed by atoms with Crippen LogP contribution in [0.3, 0.4) is 0 Å². The van der Waals surface area contributed by atoms with E-state index in [1.807, 2.05) is 48.5 Å². The van der Waals surface area contributed by atoms with Gasteiger partial charge in [-0.15, -0.1) is 11.8 Å². The highest BCUT2D eigenvalue weighted by atomic mass is 35.5. The molecule has 4 nitrogen and oxygen atoms in total. The smallest absolute Gasteiger partial charge is 0.296 e. The van der Waals surface area contributed by atoms with Gasteiger partial charge in [0, 0.05) is 26.9 Å². The van der Waals surface area contributed by atoms with Crippen molar-refractivity contribution >= 4 is 46.5 Å². The van der Waals surface area contributed by atoms with Gasteiger partial charge in [0.2, 0.25) is 0 Å². The van der Waals surface area contributed by atoms with Crippen LogP contribution >= 0.6 is 23.4 Å². The van der Waals surface area contributed by atoms with Crippen LogP contribution in [0, 0.1) is 0 Å². The van der Waals surface area contributed by atoms with Crippen molar-refractivity contribution in [1.29, 1.82) is 0 Å². The molecule has 0 spiro atoms. The zero-order valence-electron chi connectivity index (χ0n) is 16.6. The fraction of sp³-hybridized carbons (Fsp3) is 0.120. The van der Waals surface area contributed by atoms with Crippen LogP contribution < -0.4 is 5.32 Å². The van der Waals surface area contributed by atoms with E-state index in [0.29, 0.717) is 11.3 Å². The third-order valence-corrected chi connectivity index (χ3v) is 6.46. The zero-order valence-corrected chi connectivity index (χ0v) is 18.2. The van der Waals surface area contributed by atoms with Gasteiger partial charge in [0.15, 0.2) is 0 Å².